The molecular formula is C24H35N5O3. The fraction of sp³-hybridized carbons (Fsp3) is 0.625. The average molecular weight is 442 g/mol. The van der Waals surface area contributed by atoms with Crippen LogP contribution in [0.5, 0.6) is 5.75 Å². The molecule has 0 bridgehead atoms. The van der Waals surface area contributed by atoms with Crippen molar-refractivity contribution in [1.82, 2.24) is 25.0 Å². The molecule has 1 fully saturated rings. The van der Waals surface area contributed by atoms with Crippen LogP contribution in [0.25, 0.3) is 0 Å². The van der Waals surface area contributed by atoms with E-state index in [1.807, 2.05) is 6.92 Å². The van der Waals surface area contributed by atoms with Crippen molar-refractivity contribution in [2.75, 3.05) is 33.4 Å². The van der Waals surface area contributed by atoms with Crippen molar-refractivity contribution in [2.24, 2.45) is 5.92 Å². The van der Waals surface area contributed by atoms with E-state index < -0.39 is 0 Å². The summed E-state index contributed by atoms with van der Waals surface area (Å²) in [6.45, 7) is 11.2. The van der Waals surface area contributed by atoms with Crippen molar-refractivity contribution in [3.05, 3.63) is 40.5 Å². The summed E-state index contributed by atoms with van der Waals surface area (Å²) in [5, 5.41) is 12.0. The summed E-state index contributed by atoms with van der Waals surface area (Å²) in [4.78, 5) is 15.1. The van der Waals surface area contributed by atoms with Crippen LogP contribution in [0.1, 0.15) is 54.1 Å². The molecule has 8 nitrogen and oxygen atoms in total. The second kappa shape index (κ2) is 10.0. The number of fused-ring (bicyclic) bond motifs is 1. The van der Waals surface area contributed by atoms with Crippen molar-refractivity contribution in [1.29, 1.82) is 0 Å². The molecule has 4 rings (SSSR count). The Morgan fingerprint density at radius 2 is 1.97 bits per heavy atom. The lowest BCUT2D eigenvalue weighted by atomic mass is 9.99. The minimum atomic E-state index is -0.162. The van der Waals surface area contributed by atoms with Crippen molar-refractivity contribution >= 4 is 5.91 Å². The first kappa shape index (κ1) is 22.7. The number of methoxy groups -OCH3 is 1. The summed E-state index contributed by atoms with van der Waals surface area (Å²) in [6.07, 6.45) is 2.42. The van der Waals surface area contributed by atoms with Crippen LogP contribution in [0.3, 0.4) is 0 Å². The second-order valence-corrected chi connectivity index (χ2v) is 8.95. The molecule has 1 saturated heterocycles. The molecule has 1 aromatic heterocycles. The lowest BCUT2D eigenvalue weighted by Crippen LogP contribution is -2.36. The molecule has 0 radical (unpaired) electrons. The van der Waals surface area contributed by atoms with Gasteiger partial charge in [0, 0.05) is 51.7 Å². The molecule has 1 unspecified atom stereocenters. The number of nitrogens with one attached hydrogen (secondary N) is 1. The summed E-state index contributed by atoms with van der Waals surface area (Å²) >= 11 is 0. The zero-order valence-corrected chi connectivity index (χ0v) is 19.7. The molecule has 0 aliphatic carbocycles. The number of aromatic nitrogens is 3. The van der Waals surface area contributed by atoms with Gasteiger partial charge in [0.15, 0.2) is 5.82 Å². The highest BCUT2D eigenvalue weighted by atomic mass is 16.5. The van der Waals surface area contributed by atoms with Gasteiger partial charge in [-0.05, 0) is 56.4 Å². The third kappa shape index (κ3) is 4.81. The van der Waals surface area contributed by atoms with Crippen LogP contribution < -0.4 is 10.1 Å². The molecule has 1 aromatic carbocycles. The van der Waals surface area contributed by atoms with E-state index in [-0.39, 0.29) is 17.9 Å². The highest BCUT2D eigenvalue weighted by molar-refractivity contribution is 5.79. The van der Waals surface area contributed by atoms with Gasteiger partial charge >= 0.3 is 0 Å². The summed E-state index contributed by atoms with van der Waals surface area (Å²) in [7, 11) is 1.72. The zero-order chi connectivity index (χ0) is 22.7. The molecule has 8 heteroatoms. The number of nitrogens with zero attached hydrogens (tertiary/aromatic N) is 4. The number of rotatable bonds is 6. The number of ether oxygens (including phenoxy) is 2. The van der Waals surface area contributed by atoms with Crippen LogP contribution >= 0.6 is 0 Å². The van der Waals surface area contributed by atoms with Gasteiger partial charge < -0.3 is 19.4 Å². The zero-order valence-electron chi connectivity index (χ0n) is 19.7. The first-order valence-electron chi connectivity index (χ1n) is 11.6. The van der Waals surface area contributed by atoms with Crippen molar-refractivity contribution in [3.8, 4) is 5.75 Å². The van der Waals surface area contributed by atoms with E-state index in [4.69, 9.17) is 9.47 Å². The van der Waals surface area contributed by atoms with Gasteiger partial charge in [-0.2, -0.15) is 0 Å². The third-order valence-corrected chi connectivity index (χ3v) is 6.95. The monoisotopic (exact) mass is 441 g/mol. The normalized spacial score (nSPS) is 18.6. The Balaban J connectivity index is 1.40. The van der Waals surface area contributed by atoms with Gasteiger partial charge in [0.2, 0.25) is 5.91 Å². The Labute approximate surface area is 190 Å². The SMILES string of the molecule is COc1ccc(CN2CCc3nnc(C(C)NC(=O)C4CCOCC4)n3CC2)c(C)c1C. The van der Waals surface area contributed by atoms with E-state index in [1.165, 1.54) is 16.7 Å². The van der Waals surface area contributed by atoms with Crippen LogP contribution in [0.4, 0.5) is 0 Å². The van der Waals surface area contributed by atoms with Crippen LogP contribution in [-0.4, -0.2) is 59.0 Å². The Hall–Kier alpha value is -2.45. The van der Waals surface area contributed by atoms with Crippen LogP contribution in [-0.2, 0) is 29.0 Å². The Kier molecular flexibility index (Phi) is 7.10. The Morgan fingerprint density at radius 3 is 2.72 bits per heavy atom. The lowest BCUT2D eigenvalue weighted by molar-refractivity contribution is -0.128. The summed E-state index contributed by atoms with van der Waals surface area (Å²) in [5.74, 6) is 2.91. The fourth-order valence-electron chi connectivity index (χ4n) is 4.71. The second-order valence-electron chi connectivity index (χ2n) is 8.95. The maximum Gasteiger partial charge on any atom is 0.223 e. The highest BCUT2D eigenvalue weighted by Crippen LogP contribution is 2.25. The van der Waals surface area contributed by atoms with Crippen LogP contribution in [0, 0.1) is 19.8 Å². The van der Waals surface area contributed by atoms with E-state index >= 15 is 0 Å². The largest absolute Gasteiger partial charge is 0.496 e. The van der Waals surface area contributed by atoms with E-state index in [1.54, 1.807) is 7.11 Å². The van der Waals surface area contributed by atoms with Crippen molar-refractivity contribution in [3.63, 3.8) is 0 Å². The van der Waals surface area contributed by atoms with Gasteiger partial charge in [-0.1, -0.05) is 6.07 Å². The number of carbonyl (C=O) groups is 1. The molecule has 3 heterocycles. The molecule has 2 aliphatic heterocycles. The van der Waals surface area contributed by atoms with Gasteiger partial charge in [-0.25, -0.2) is 0 Å². The van der Waals surface area contributed by atoms with Gasteiger partial charge in [0.25, 0.3) is 0 Å². The summed E-state index contributed by atoms with van der Waals surface area (Å²) in [5.41, 5.74) is 3.82. The van der Waals surface area contributed by atoms with E-state index in [2.05, 4.69) is 51.0 Å². The molecule has 2 aromatic rings. The number of benzene rings is 1. The first-order chi connectivity index (χ1) is 15.5. The van der Waals surface area contributed by atoms with Crippen LogP contribution in [0.2, 0.25) is 0 Å². The predicted molar refractivity (Wildman–Crippen MR) is 122 cm³/mol. The van der Waals surface area contributed by atoms with Crippen molar-refractivity contribution < 1.29 is 14.3 Å². The smallest absolute Gasteiger partial charge is 0.223 e. The maximum atomic E-state index is 12.7. The predicted octanol–water partition coefficient (Wildman–Crippen LogP) is 2.57. The highest BCUT2D eigenvalue weighted by Gasteiger charge is 2.26. The van der Waals surface area contributed by atoms with Gasteiger partial charge in [-0.3, -0.25) is 9.69 Å². The topological polar surface area (TPSA) is 81.5 Å². The molecule has 1 amide bonds. The number of hydrogen-bond donors (Lipinski definition) is 1. The quantitative estimate of drug-likeness (QED) is 0.742. The fourth-order valence-corrected chi connectivity index (χ4v) is 4.71. The minimum absolute atomic E-state index is 0.0319. The first-order valence-corrected chi connectivity index (χ1v) is 11.6. The third-order valence-electron chi connectivity index (χ3n) is 6.95. The van der Waals surface area contributed by atoms with E-state index in [9.17, 15) is 4.79 Å². The molecular weight excluding hydrogens is 406 g/mol. The van der Waals surface area contributed by atoms with Gasteiger partial charge in [0.1, 0.15) is 11.6 Å². The molecule has 2 aliphatic rings. The van der Waals surface area contributed by atoms with Gasteiger partial charge in [0.05, 0.1) is 13.2 Å². The summed E-state index contributed by atoms with van der Waals surface area (Å²) < 4.78 is 13.0. The molecule has 1 N–H and O–H groups in total. The molecule has 32 heavy (non-hydrogen) atoms. The number of amides is 1. The Bertz CT molecular complexity index is 951. The standard InChI is InChI=1S/C24H35N5O3/c1-16-17(2)21(31-4)6-5-20(16)15-28-10-7-22-26-27-23(29(22)12-11-28)18(3)25-24(30)19-8-13-32-14-9-19/h5-6,18-19H,7-15H2,1-4H3,(H,25,30). The minimum Gasteiger partial charge on any atom is -0.496 e. The van der Waals surface area contributed by atoms with E-state index in [0.717, 1.165) is 62.8 Å². The molecule has 0 spiro atoms. The molecule has 174 valence electrons. The van der Waals surface area contributed by atoms with Crippen molar-refractivity contribution in [2.45, 2.75) is 59.2 Å². The molecule has 0 saturated carbocycles. The van der Waals surface area contributed by atoms with Crippen LogP contribution in [0.15, 0.2) is 12.1 Å². The summed E-state index contributed by atoms with van der Waals surface area (Å²) in [6, 6.07) is 4.07. The molecule has 1 atom stereocenters. The van der Waals surface area contributed by atoms with Gasteiger partial charge in [-0.15, -0.1) is 10.2 Å². The number of carbonyl (C=O) groups excluding carboxylic acids is 1. The Morgan fingerprint density at radius 1 is 1.19 bits per heavy atom. The lowest BCUT2D eigenvalue weighted by Gasteiger charge is -2.24. The van der Waals surface area contributed by atoms with E-state index in [0.29, 0.717) is 13.2 Å². The average Bonchev–Trinajstić information content (AvgIpc) is 3.12. The number of hydrogen-bond acceptors (Lipinski definition) is 6. The maximum absolute atomic E-state index is 12.7.